The van der Waals surface area contributed by atoms with Crippen LogP contribution < -0.4 is 0 Å². The number of hydrogen-bond donors (Lipinski definition) is 2. The smallest absolute Gasteiger partial charge is 0.0658 e. The molecule has 5 heteroatoms. The van der Waals surface area contributed by atoms with Gasteiger partial charge in [-0.3, -0.25) is 0 Å². The minimum Gasteiger partial charge on any atom is -0.355 e. The van der Waals surface area contributed by atoms with Crippen LogP contribution >= 0.6 is 0 Å². The number of aromatic nitrogens is 4. The number of rotatable bonds is 0. The molecule has 0 radical (unpaired) electrons. The van der Waals surface area contributed by atoms with Gasteiger partial charge in [0.25, 0.3) is 0 Å². The Kier molecular flexibility index (Phi) is 4.10. The van der Waals surface area contributed by atoms with E-state index in [9.17, 15) is 0 Å². The van der Waals surface area contributed by atoms with Gasteiger partial charge in [0, 0.05) is 48.3 Å². The quantitative estimate of drug-likeness (QED) is 0.397. The monoisotopic (exact) mass is 400 g/mol. The third-order valence-corrected chi connectivity index (χ3v) is 4.04. The fourth-order valence-electron chi connectivity index (χ4n) is 2.94. The van der Waals surface area contributed by atoms with Gasteiger partial charge in [-0.15, -0.1) is 0 Å². The van der Waals surface area contributed by atoms with E-state index in [1.54, 1.807) is 0 Å². The molecule has 2 N–H and O–H groups in total. The molecule has 4 nitrogen and oxygen atoms in total. The molecule has 0 spiro atoms. The molecular formula is C20H14N4Zr. The van der Waals surface area contributed by atoms with Crippen LogP contribution in [0.25, 0.3) is 46.4 Å². The third kappa shape index (κ3) is 3.33. The van der Waals surface area contributed by atoms with E-state index >= 15 is 0 Å². The molecule has 0 aromatic carbocycles. The summed E-state index contributed by atoms with van der Waals surface area (Å²) in [7, 11) is 0. The van der Waals surface area contributed by atoms with E-state index in [-0.39, 0.29) is 26.2 Å². The molecule has 8 bridgehead atoms. The predicted octanol–water partition coefficient (Wildman–Crippen LogP) is 4.65. The molecule has 3 aromatic heterocycles. The minimum atomic E-state index is 0. The van der Waals surface area contributed by atoms with E-state index in [1.165, 1.54) is 0 Å². The van der Waals surface area contributed by atoms with Crippen molar-refractivity contribution in [1.29, 1.82) is 0 Å². The predicted molar refractivity (Wildman–Crippen MR) is 98.9 cm³/mol. The third-order valence-electron chi connectivity index (χ3n) is 4.04. The van der Waals surface area contributed by atoms with Gasteiger partial charge in [0.15, 0.2) is 0 Å². The van der Waals surface area contributed by atoms with Gasteiger partial charge < -0.3 is 9.97 Å². The minimum absolute atomic E-state index is 0. The number of aromatic amines is 2. The van der Waals surface area contributed by atoms with Crippen molar-refractivity contribution in [1.82, 2.24) is 19.9 Å². The van der Waals surface area contributed by atoms with Crippen molar-refractivity contribution in [3.05, 3.63) is 71.3 Å². The van der Waals surface area contributed by atoms with Crippen LogP contribution in [-0.4, -0.2) is 19.9 Å². The van der Waals surface area contributed by atoms with E-state index < -0.39 is 0 Å². The Morgan fingerprint density at radius 2 is 0.760 bits per heavy atom. The first kappa shape index (κ1) is 16.0. The van der Waals surface area contributed by atoms with E-state index in [1.807, 2.05) is 48.6 Å². The van der Waals surface area contributed by atoms with Crippen LogP contribution in [0.15, 0.2) is 48.5 Å². The van der Waals surface area contributed by atoms with E-state index in [0.717, 1.165) is 44.8 Å². The van der Waals surface area contributed by atoms with Crippen molar-refractivity contribution in [2.75, 3.05) is 0 Å². The van der Waals surface area contributed by atoms with Gasteiger partial charge in [-0.2, -0.15) is 0 Å². The van der Waals surface area contributed by atoms with Gasteiger partial charge in [0.1, 0.15) is 0 Å². The molecule has 0 atom stereocenters. The normalized spacial score (nSPS) is 12.2. The Labute approximate surface area is 163 Å². The number of H-pyrrole nitrogens is 2. The van der Waals surface area contributed by atoms with Crippen molar-refractivity contribution in [2.45, 2.75) is 0 Å². The summed E-state index contributed by atoms with van der Waals surface area (Å²) < 4.78 is 0. The van der Waals surface area contributed by atoms with Crippen LogP contribution in [0.1, 0.15) is 22.8 Å². The SMILES string of the molecule is C1=Cc2cc3ccc(cc4nc(cc5ccc(cc1n2)[nH]5)C=C4)[nH]3.[Zr]. The standard InChI is InChI=1S/C20H14N4.Zr/c1-2-14-10-16-5-6-18(23-16)12-20-8-7-19(24-20)11-17-4-3-15(22-17)9-13(1)21-14;/h1-12,21,24H;. The molecule has 0 aliphatic carbocycles. The molecule has 0 saturated carbocycles. The average molecular weight is 402 g/mol. The fourth-order valence-corrected chi connectivity index (χ4v) is 2.94. The number of hydrogen-bond acceptors (Lipinski definition) is 2. The second-order valence-electron chi connectivity index (χ2n) is 5.91. The summed E-state index contributed by atoms with van der Waals surface area (Å²) in [5, 5.41) is 0. The second kappa shape index (κ2) is 6.42. The molecule has 118 valence electrons. The zero-order valence-corrected chi connectivity index (χ0v) is 15.8. The molecule has 2 aliphatic rings. The van der Waals surface area contributed by atoms with Crippen LogP contribution in [0.2, 0.25) is 0 Å². The maximum absolute atomic E-state index is 4.63. The summed E-state index contributed by atoms with van der Waals surface area (Å²) in [4.78, 5) is 16.0. The van der Waals surface area contributed by atoms with Gasteiger partial charge in [-0.25, -0.2) is 9.97 Å². The first-order valence-electron chi connectivity index (χ1n) is 7.85. The Bertz CT molecular complexity index is 990. The second-order valence-corrected chi connectivity index (χ2v) is 5.91. The van der Waals surface area contributed by atoms with Crippen LogP contribution in [0.5, 0.6) is 0 Å². The first-order chi connectivity index (χ1) is 11.8. The maximum atomic E-state index is 4.63. The van der Waals surface area contributed by atoms with Crippen LogP contribution in [0.4, 0.5) is 0 Å². The zero-order chi connectivity index (χ0) is 15.9. The van der Waals surface area contributed by atoms with Crippen molar-refractivity contribution in [2.24, 2.45) is 0 Å². The number of nitrogens with zero attached hydrogens (tertiary/aromatic N) is 2. The first-order valence-corrected chi connectivity index (χ1v) is 7.85. The van der Waals surface area contributed by atoms with Crippen LogP contribution in [0.3, 0.4) is 0 Å². The molecule has 2 aliphatic heterocycles. The molecule has 0 unspecified atom stereocenters. The zero-order valence-electron chi connectivity index (χ0n) is 13.3. The van der Waals surface area contributed by atoms with E-state index in [4.69, 9.17) is 0 Å². The number of nitrogens with one attached hydrogen (secondary N) is 2. The van der Waals surface area contributed by atoms with Crippen molar-refractivity contribution in [3.8, 4) is 0 Å². The molecule has 0 amide bonds. The summed E-state index contributed by atoms with van der Waals surface area (Å²) >= 11 is 0. The maximum Gasteiger partial charge on any atom is 0.0658 e. The van der Waals surface area contributed by atoms with Gasteiger partial charge in [-0.05, 0) is 72.8 Å². The molecule has 0 fully saturated rings. The van der Waals surface area contributed by atoms with Gasteiger partial charge in [0.05, 0.1) is 22.8 Å². The van der Waals surface area contributed by atoms with Crippen molar-refractivity contribution in [3.63, 3.8) is 0 Å². The molecule has 5 rings (SSSR count). The van der Waals surface area contributed by atoms with Crippen LogP contribution in [0, 0.1) is 0 Å². The molecule has 5 heterocycles. The Morgan fingerprint density at radius 1 is 0.480 bits per heavy atom. The Hall–Kier alpha value is -2.52. The summed E-state index contributed by atoms with van der Waals surface area (Å²) in [5.41, 5.74) is 7.86. The Balaban J connectivity index is 0.00000157. The molecule has 3 aromatic rings. The largest absolute Gasteiger partial charge is 0.355 e. The average Bonchev–Trinajstić information content (AvgIpc) is 3.32. The Morgan fingerprint density at radius 3 is 1.04 bits per heavy atom. The van der Waals surface area contributed by atoms with Gasteiger partial charge >= 0.3 is 0 Å². The molecular weight excluding hydrogens is 387 g/mol. The van der Waals surface area contributed by atoms with Gasteiger partial charge in [0.2, 0.25) is 0 Å². The molecule has 0 saturated heterocycles. The summed E-state index contributed by atoms with van der Waals surface area (Å²) in [6, 6.07) is 16.4. The summed E-state index contributed by atoms with van der Waals surface area (Å²) in [6.45, 7) is 0. The molecule has 25 heavy (non-hydrogen) atoms. The summed E-state index contributed by atoms with van der Waals surface area (Å²) in [5.74, 6) is 0. The fraction of sp³-hybridized carbons (Fsp3) is 0. The van der Waals surface area contributed by atoms with Gasteiger partial charge in [-0.1, -0.05) is 0 Å². The topological polar surface area (TPSA) is 57.4 Å². The van der Waals surface area contributed by atoms with Crippen molar-refractivity contribution < 1.29 is 26.2 Å². The van der Waals surface area contributed by atoms with E-state index in [2.05, 4.69) is 44.2 Å². The van der Waals surface area contributed by atoms with E-state index in [0.29, 0.717) is 0 Å². The van der Waals surface area contributed by atoms with Crippen LogP contribution in [-0.2, 0) is 26.2 Å². The number of fused-ring (bicyclic) bond motifs is 8. The summed E-state index contributed by atoms with van der Waals surface area (Å²) in [6.07, 6.45) is 8.09. The van der Waals surface area contributed by atoms with Crippen molar-refractivity contribution >= 4 is 46.4 Å².